The largest absolute Gasteiger partial charge is 0.495 e. The minimum absolute atomic E-state index is 0.484. The molecular weight excluding hydrogens is 226 g/mol. The third-order valence-corrected chi connectivity index (χ3v) is 3.05. The standard InChI is InChI=1S/C12H12ClNO2/c1-3-8-7(6-15)11-9(14-8)4-5-10(16-2)12(11)13/h4-6,14H,3H2,1-2H3. The van der Waals surface area contributed by atoms with Gasteiger partial charge in [0.1, 0.15) is 5.75 Å². The average molecular weight is 238 g/mol. The smallest absolute Gasteiger partial charge is 0.152 e. The fourth-order valence-corrected chi connectivity index (χ4v) is 2.22. The summed E-state index contributed by atoms with van der Waals surface area (Å²) in [6.07, 6.45) is 1.60. The van der Waals surface area contributed by atoms with Gasteiger partial charge in [-0.15, -0.1) is 0 Å². The molecule has 4 heteroatoms. The molecule has 0 saturated heterocycles. The average Bonchev–Trinajstić information content (AvgIpc) is 2.68. The minimum atomic E-state index is 0.484. The van der Waals surface area contributed by atoms with Crippen LogP contribution in [0.4, 0.5) is 0 Å². The van der Waals surface area contributed by atoms with Gasteiger partial charge in [-0.1, -0.05) is 18.5 Å². The summed E-state index contributed by atoms with van der Waals surface area (Å²) in [7, 11) is 1.56. The number of ether oxygens (including phenoxy) is 1. The zero-order valence-corrected chi connectivity index (χ0v) is 9.89. The van der Waals surface area contributed by atoms with Crippen LogP contribution in [0.2, 0.25) is 5.02 Å². The van der Waals surface area contributed by atoms with E-state index in [1.807, 2.05) is 13.0 Å². The van der Waals surface area contributed by atoms with E-state index in [9.17, 15) is 4.79 Å². The summed E-state index contributed by atoms with van der Waals surface area (Å²) in [6.45, 7) is 1.99. The molecule has 0 aliphatic heterocycles. The summed E-state index contributed by atoms with van der Waals surface area (Å²) < 4.78 is 5.13. The molecule has 84 valence electrons. The molecule has 2 rings (SSSR count). The molecule has 16 heavy (non-hydrogen) atoms. The number of carbonyl (C=O) groups is 1. The third kappa shape index (κ3) is 1.48. The fraction of sp³-hybridized carbons (Fsp3) is 0.250. The number of nitrogens with one attached hydrogen (secondary N) is 1. The highest BCUT2D eigenvalue weighted by molar-refractivity contribution is 6.38. The van der Waals surface area contributed by atoms with Gasteiger partial charge in [0.15, 0.2) is 6.29 Å². The van der Waals surface area contributed by atoms with Gasteiger partial charge in [0.05, 0.1) is 12.1 Å². The highest BCUT2D eigenvalue weighted by Crippen LogP contribution is 2.35. The number of aldehydes is 1. The van der Waals surface area contributed by atoms with Crippen molar-refractivity contribution in [3.63, 3.8) is 0 Å². The molecule has 0 atom stereocenters. The lowest BCUT2D eigenvalue weighted by Gasteiger charge is -2.03. The Morgan fingerprint density at radius 3 is 2.81 bits per heavy atom. The molecule has 0 unspecified atom stereocenters. The number of aryl methyl sites for hydroxylation is 1. The Morgan fingerprint density at radius 1 is 1.50 bits per heavy atom. The molecule has 1 N–H and O–H groups in total. The number of halogens is 1. The number of fused-ring (bicyclic) bond motifs is 1. The number of aromatic nitrogens is 1. The van der Waals surface area contributed by atoms with Crippen LogP contribution in [0.3, 0.4) is 0 Å². The van der Waals surface area contributed by atoms with Gasteiger partial charge in [-0.2, -0.15) is 0 Å². The molecule has 3 nitrogen and oxygen atoms in total. The maximum Gasteiger partial charge on any atom is 0.152 e. The van der Waals surface area contributed by atoms with Crippen molar-refractivity contribution in [2.45, 2.75) is 13.3 Å². The van der Waals surface area contributed by atoms with Gasteiger partial charge in [0.25, 0.3) is 0 Å². The Hall–Kier alpha value is -1.48. The van der Waals surface area contributed by atoms with E-state index < -0.39 is 0 Å². The second-order valence-corrected chi connectivity index (χ2v) is 3.87. The highest BCUT2D eigenvalue weighted by atomic mass is 35.5. The van der Waals surface area contributed by atoms with Crippen molar-refractivity contribution in [1.82, 2.24) is 4.98 Å². The number of benzene rings is 1. The van der Waals surface area contributed by atoms with Crippen LogP contribution < -0.4 is 4.74 Å². The molecule has 1 heterocycles. The number of rotatable bonds is 3. The van der Waals surface area contributed by atoms with E-state index in [4.69, 9.17) is 16.3 Å². The van der Waals surface area contributed by atoms with E-state index >= 15 is 0 Å². The van der Waals surface area contributed by atoms with Crippen molar-refractivity contribution >= 4 is 28.8 Å². The van der Waals surface area contributed by atoms with Crippen molar-refractivity contribution in [3.8, 4) is 5.75 Å². The van der Waals surface area contributed by atoms with E-state index in [-0.39, 0.29) is 0 Å². The number of H-pyrrole nitrogens is 1. The number of aromatic amines is 1. The first-order chi connectivity index (χ1) is 7.72. The van der Waals surface area contributed by atoms with Crippen molar-refractivity contribution in [1.29, 1.82) is 0 Å². The molecule has 0 saturated carbocycles. The first-order valence-electron chi connectivity index (χ1n) is 5.05. The van der Waals surface area contributed by atoms with Crippen molar-refractivity contribution in [2.75, 3.05) is 7.11 Å². The van der Waals surface area contributed by atoms with Gasteiger partial charge in [0, 0.05) is 22.2 Å². The maximum atomic E-state index is 11.1. The fourth-order valence-electron chi connectivity index (χ4n) is 1.87. The molecule has 0 radical (unpaired) electrons. The predicted molar refractivity (Wildman–Crippen MR) is 64.6 cm³/mol. The van der Waals surface area contributed by atoms with Gasteiger partial charge in [-0.05, 0) is 18.6 Å². The Balaban J connectivity index is 2.84. The van der Waals surface area contributed by atoms with Crippen LogP contribution in [0.1, 0.15) is 23.0 Å². The van der Waals surface area contributed by atoms with Crippen LogP contribution in [-0.4, -0.2) is 18.4 Å². The molecular formula is C12H12ClNO2. The van der Waals surface area contributed by atoms with E-state index in [1.54, 1.807) is 13.2 Å². The Morgan fingerprint density at radius 2 is 2.25 bits per heavy atom. The molecule has 0 amide bonds. The monoisotopic (exact) mass is 237 g/mol. The first-order valence-corrected chi connectivity index (χ1v) is 5.43. The summed E-state index contributed by atoms with van der Waals surface area (Å²) >= 11 is 6.19. The van der Waals surface area contributed by atoms with Crippen molar-refractivity contribution in [2.24, 2.45) is 0 Å². The number of carbonyl (C=O) groups excluding carboxylic acids is 1. The number of methoxy groups -OCH3 is 1. The second kappa shape index (κ2) is 4.18. The Bertz CT molecular complexity index is 545. The van der Waals surface area contributed by atoms with Gasteiger partial charge in [-0.3, -0.25) is 4.79 Å². The summed E-state index contributed by atoms with van der Waals surface area (Å²) in [5.41, 5.74) is 2.39. The zero-order valence-electron chi connectivity index (χ0n) is 9.13. The van der Waals surface area contributed by atoms with E-state index in [0.717, 1.165) is 29.3 Å². The summed E-state index contributed by atoms with van der Waals surface area (Å²) in [5, 5.41) is 1.23. The quantitative estimate of drug-likeness (QED) is 0.833. The topological polar surface area (TPSA) is 42.1 Å². The molecule has 0 bridgehead atoms. The van der Waals surface area contributed by atoms with Crippen LogP contribution in [0, 0.1) is 0 Å². The Kier molecular flexibility index (Phi) is 2.88. The van der Waals surface area contributed by atoms with Crippen molar-refractivity contribution < 1.29 is 9.53 Å². The van der Waals surface area contributed by atoms with Crippen LogP contribution in [-0.2, 0) is 6.42 Å². The van der Waals surface area contributed by atoms with Crippen molar-refractivity contribution in [3.05, 3.63) is 28.4 Å². The summed E-state index contributed by atoms with van der Waals surface area (Å²) in [6, 6.07) is 3.65. The van der Waals surface area contributed by atoms with E-state index in [1.165, 1.54) is 0 Å². The SMILES string of the molecule is CCc1[nH]c2ccc(OC)c(Cl)c2c1C=O. The van der Waals surface area contributed by atoms with Gasteiger partial charge < -0.3 is 9.72 Å². The first kappa shape index (κ1) is 11.0. The second-order valence-electron chi connectivity index (χ2n) is 3.49. The molecule has 0 aliphatic carbocycles. The molecule has 0 fully saturated rings. The number of hydrogen-bond acceptors (Lipinski definition) is 2. The molecule has 2 aromatic rings. The Labute approximate surface area is 98.4 Å². The van der Waals surface area contributed by atoms with E-state index in [0.29, 0.717) is 16.3 Å². The minimum Gasteiger partial charge on any atom is -0.495 e. The summed E-state index contributed by atoms with van der Waals surface area (Å²) in [5.74, 6) is 0.582. The molecule has 0 aliphatic rings. The molecule has 0 spiro atoms. The predicted octanol–water partition coefficient (Wildman–Crippen LogP) is 3.20. The maximum absolute atomic E-state index is 11.1. The van der Waals surface area contributed by atoms with Crippen LogP contribution in [0.25, 0.3) is 10.9 Å². The normalized spacial score (nSPS) is 10.7. The number of hydrogen-bond donors (Lipinski definition) is 1. The van der Waals surface area contributed by atoms with Gasteiger partial charge in [-0.25, -0.2) is 0 Å². The highest BCUT2D eigenvalue weighted by Gasteiger charge is 2.15. The molecule has 1 aromatic carbocycles. The van der Waals surface area contributed by atoms with Gasteiger partial charge >= 0.3 is 0 Å². The van der Waals surface area contributed by atoms with Crippen LogP contribution in [0.5, 0.6) is 5.75 Å². The van der Waals surface area contributed by atoms with E-state index in [2.05, 4.69) is 4.98 Å². The molecule has 1 aromatic heterocycles. The van der Waals surface area contributed by atoms with Crippen LogP contribution >= 0.6 is 11.6 Å². The van der Waals surface area contributed by atoms with Crippen LogP contribution in [0.15, 0.2) is 12.1 Å². The zero-order chi connectivity index (χ0) is 11.7. The lowest BCUT2D eigenvalue weighted by atomic mass is 10.1. The summed E-state index contributed by atoms with van der Waals surface area (Å²) in [4.78, 5) is 14.3. The lowest BCUT2D eigenvalue weighted by molar-refractivity contribution is 0.112. The third-order valence-electron chi connectivity index (χ3n) is 2.68. The van der Waals surface area contributed by atoms with Gasteiger partial charge in [0.2, 0.25) is 0 Å². The lowest BCUT2D eigenvalue weighted by Crippen LogP contribution is -1.88.